The molecular formula is C12H19N3S. The third-order valence-corrected chi connectivity index (χ3v) is 2.66. The summed E-state index contributed by atoms with van der Waals surface area (Å²) in [6.07, 6.45) is 2.06. The van der Waals surface area contributed by atoms with Gasteiger partial charge in [0.1, 0.15) is 0 Å². The molecule has 3 nitrogen and oxygen atoms in total. The van der Waals surface area contributed by atoms with E-state index in [-0.39, 0.29) is 0 Å². The summed E-state index contributed by atoms with van der Waals surface area (Å²) in [4.78, 5) is 4.23. The normalized spacial score (nSPS) is 11.6. The van der Waals surface area contributed by atoms with Gasteiger partial charge in [0.05, 0.1) is 6.54 Å². The molecule has 0 saturated carbocycles. The number of nitrogens with two attached hydrogens (primary N) is 1. The van der Waals surface area contributed by atoms with Crippen LogP contribution in [0.3, 0.4) is 0 Å². The van der Waals surface area contributed by atoms with Crippen LogP contribution >= 0.6 is 11.8 Å². The van der Waals surface area contributed by atoms with E-state index < -0.39 is 0 Å². The van der Waals surface area contributed by atoms with E-state index in [1.54, 1.807) is 11.8 Å². The van der Waals surface area contributed by atoms with E-state index in [9.17, 15) is 0 Å². The van der Waals surface area contributed by atoms with Crippen LogP contribution in [0.1, 0.15) is 11.1 Å². The Hall–Kier alpha value is -1.16. The number of benzene rings is 1. The Balaban J connectivity index is 2.61. The lowest BCUT2D eigenvalue weighted by molar-refractivity contribution is 1.13. The smallest absolute Gasteiger partial charge is 0.193 e. The fourth-order valence-corrected chi connectivity index (χ4v) is 1.77. The van der Waals surface area contributed by atoms with E-state index in [0.717, 1.165) is 18.0 Å². The summed E-state index contributed by atoms with van der Waals surface area (Å²) in [7, 11) is 0. The molecular weight excluding hydrogens is 218 g/mol. The monoisotopic (exact) mass is 237 g/mol. The predicted octanol–water partition coefficient (Wildman–Crippen LogP) is 2.39. The van der Waals surface area contributed by atoms with E-state index >= 15 is 0 Å². The predicted molar refractivity (Wildman–Crippen MR) is 74.4 cm³/mol. The highest BCUT2D eigenvalue weighted by atomic mass is 32.2. The van der Waals surface area contributed by atoms with Crippen molar-refractivity contribution < 1.29 is 0 Å². The van der Waals surface area contributed by atoms with E-state index in [1.165, 1.54) is 11.1 Å². The van der Waals surface area contributed by atoms with Gasteiger partial charge in [0.15, 0.2) is 5.96 Å². The number of hydrogen-bond acceptors (Lipinski definition) is 2. The van der Waals surface area contributed by atoms with Crippen molar-refractivity contribution >= 4 is 23.4 Å². The van der Waals surface area contributed by atoms with Gasteiger partial charge in [-0.3, -0.25) is 4.99 Å². The lowest BCUT2D eigenvalue weighted by atomic mass is 10.1. The summed E-state index contributed by atoms with van der Waals surface area (Å²) in [6, 6.07) is 6.25. The molecule has 0 unspecified atom stereocenters. The van der Waals surface area contributed by atoms with Gasteiger partial charge in [-0.2, -0.15) is 11.8 Å². The molecule has 0 radical (unpaired) electrons. The summed E-state index contributed by atoms with van der Waals surface area (Å²) in [5.74, 6) is 1.48. The maximum Gasteiger partial charge on any atom is 0.193 e. The van der Waals surface area contributed by atoms with Gasteiger partial charge >= 0.3 is 0 Å². The summed E-state index contributed by atoms with van der Waals surface area (Å²) in [6.45, 7) is 4.89. The van der Waals surface area contributed by atoms with Crippen LogP contribution in [0.25, 0.3) is 0 Å². The zero-order valence-corrected chi connectivity index (χ0v) is 10.9. The number of hydrogen-bond donors (Lipinski definition) is 2. The molecule has 1 rings (SSSR count). The third kappa shape index (κ3) is 4.57. The van der Waals surface area contributed by atoms with Crippen molar-refractivity contribution in [2.45, 2.75) is 13.8 Å². The molecule has 0 atom stereocenters. The molecule has 0 aromatic heterocycles. The second-order valence-electron chi connectivity index (χ2n) is 3.76. The molecule has 1 aromatic rings. The Morgan fingerprint density at radius 1 is 1.31 bits per heavy atom. The Morgan fingerprint density at radius 2 is 1.94 bits per heavy atom. The molecule has 0 spiro atoms. The van der Waals surface area contributed by atoms with Gasteiger partial charge in [0.2, 0.25) is 0 Å². The van der Waals surface area contributed by atoms with Gasteiger partial charge in [-0.15, -0.1) is 0 Å². The molecule has 0 aliphatic rings. The number of aryl methyl sites for hydroxylation is 2. The molecule has 0 heterocycles. The summed E-state index contributed by atoms with van der Waals surface area (Å²) < 4.78 is 0. The second kappa shape index (κ2) is 6.43. The Labute approximate surface area is 102 Å². The first-order valence-corrected chi connectivity index (χ1v) is 6.65. The van der Waals surface area contributed by atoms with Crippen molar-refractivity contribution in [2.75, 3.05) is 23.9 Å². The average Bonchev–Trinajstić information content (AvgIpc) is 2.16. The highest BCUT2D eigenvalue weighted by molar-refractivity contribution is 7.98. The molecule has 0 bridgehead atoms. The van der Waals surface area contributed by atoms with Gasteiger partial charge in [-0.1, -0.05) is 6.07 Å². The average molecular weight is 237 g/mol. The minimum absolute atomic E-state index is 0.485. The van der Waals surface area contributed by atoms with E-state index in [2.05, 4.69) is 48.6 Å². The quantitative estimate of drug-likeness (QED) is 0.480. The molecule has 0 aliphatic heterocycles. The van der Waals surface area contributed by atoms with Crippen LogP contribution in [0.4, 0.5) is 5.69 Å². The number of nitrogens with zero attached hydrogens (tertiary/aromatic N) is 1. The summed E-state index contributed by atoms with van der Waals surface area (Å²) in [5.41, 5.74) is 9.22. The maximum atomic E-state index is 5.78. The van der Waals surface area contributed by atoms with Gasteiger partial charge in [0, 0.05) is 11.4 Å². The first-order valence-electron chi connectivity index (χ1n) is 5.26. The lowest BCUT2D eigenvalue weighted by Crippen LogP contribution is -2.23. The van der Waals surface area contributed by atoms with Gasteiger partial charge in [-0.05, 0) is 43.4 Å². The summed E-state index contributed by atoms with van der Waals surface area (Å²) >= 11 is 1.76. The topological polar surface area (TPSA) is 50.4 Å². The van der Waals surface area contributed by atoms with Crippen molar-refractivity contribution in [2.24, 2.45) is 10.7 Å². The molecule has 0 fully saturated rings. The minimum Gasteiger partial charge on any atom is -0.370 e. The number of nitrogens with one attached hydrogen (secondary N) is 1. The van der Waals surface area contributed by atoms with Gasteiger partial charge in [-0.25, -0.2) is 0 Å². The zero-order valence-electron chi connectivity index (χ0n) is 10.1. The largest absolute Gasteiger partial charge is 0.370 e. The first kappa shape index (κ1) is 12.9. The molecule has 0 aliphatic carbocycles. The molecule has 3 N–H and O–H groups in total. The van der Waals surface area contributed by atoms with Crippen molar-refractivity contribution in [3.05, 3.63) is 29.3 Å². The van der Waals surface area contributed by atoms with Crippen LogP contribution in [0.5, 0.6) is 0 Å². The standard InChI is InChI=1S/C12H19N3S/c1-9-6-10(2)8-11(7-9)15-12(13)14-4-5-16-3/h6-8H,4-5H2,1-3H3,(H3,13,14,15). The summed E-state index contributed by atoms with van der Waals surface area (Å²) in [5, 5.41) is 3.10. The number of aliphatic imine (C=N–C) groups is 1. The van der Waals surface area contributed by atoms with Crippen molar-refractivity contribution in [1.82, 2.24) is 0 Å². The molecule has 1 aromatic carbocycles. The number of thioether (sulfide) groups is 1. The van der Waals surface area contributed by atoms with Crippen molar-refractivity contribution in [3.63, 3.8) is 0 Å². The van der Waals surface area contributed by atoms with Crippen LogP contribution in [0, 0.1) is 13.8 Å². The van der Waals surface area contributed by atoms with E-state index in [4.69, 9.17) is 5.73 Å². The highest BCUT2D eigenvalue weighted by Crippen LogP contribution is 2.13. The molecule has 16 heavy (non-hydrogen) atoms. The van der Waals surface area contributed by atoms with Crippen molar-refractivity contribution in [3.8, 4) is 0 Å². The van der Waals surface area contributed by atoms with Gasteiger partial charge in [0.25, 0.3) is 0 Å². The van der Waals surface area contributed by atoms with Crippen LogP contribution < -0.4 is 11.1 Å². The Kier molecular flexibility index (Phi) is 5.19. The zero-order chi connectivity index (χ0) is 12.0. The van der Waals surface area contributed by atoms with Crippen LogP contribution in [-0.4, -0.2) is 24.5 Å². The van der Waals surface area contributed by atoms with Crippen molar-refractivity contribution in [1.29, 1.82) is 0 Å². The lowest BCUT2D eigenvalue weighted by Gasteiger charge is -2.07. The van der Waals surface area contributed by atoms with Crippen LogP contribution in [0.2, 0.25) is 0 Å². The maximum absolute atomic E-state index is 5.78. The van der Waals surface area contributed by atoms with Crippen LogP contribution in [-0.2, 0) is 0 Å². The minimum atomic E-state index is 0.485. The second-order valence-corrected chi connectivity index (χ2v) is 4.75. The van der Waals surface area contributed by atoms with Gasteiger partial charge < -0.3 is 11.1 Å². The molecule has 88 valence electrons. The first-order chi connectivity index (χ1) is 7.61. The van der Waals surface area contributed by atoms with Crippen LogP contribution in [0.15, 0.2) is 23.2 Å². The van der Waals surface area contributed by atoms with E-state index in [1.807, 2.05) is 0 Å². The number of rotatable bonds is 4. The molecule has 0 amide bonds. The highest BCUT2D eigenvalue weighted by Gasteiger charge is 1.97. The molecule has 4 heteroatoms. The Morgan fingerprint density at radius 3 is 2.50 bits per heavy atom. The van der Waals surface area contributed by atoms with E-state index in [0.29, 0.717) is 5.96 Å². The molecule has 0 saturated heterocycles. The third-order valence-electron chi connectivity index (χ3n) is 2.07. The fourth-order valence-electron chi connectivity index (χ4n) is 1.49. The number of guanidine groups is 1. The number of anilines is 1. The Bertz CT molecular complexity index is 354. The SMILES string of the molecule is CSCCN=C(N)Nc1cc(C)cc(C)c1. The fraction of sp³-hybridized carbons (Fsp3) is 0.417.